The summed E-state index contributed by atoms with van der Waals surface area (Å²) in [5.74, 6) is 1.68. The lowest BCUT2D eigenvalue weighted by molar-refractivity contribution is 0.0763. The molecule has 27 heavy (non-hydrogen) atoms. The van der Waals surface area contributed by atoms with E-state index in [1.807, 2.05) is 30.3 Å². The van der Waals surface area contributed by atoms with Gasteiger partial charge in [0.2, 0.25) is 0 Å². The molecule has 0 radical (unpaired) electrons. The zero-order chi connectivity index (χ0) is 17.5. The van der Waals surface area contributed by atoms with E-state index in [2.05, 4.69) is 16.3 Å². The van der Waals surface area contributed by atoms with Gasteiger partial charge in [0.25, 0.3) is 5.91 Å². The monoisotopic (exact) mass is 419 g/mol. The number of carbonyl (C=O) groups excluding carboxylic acids is 1. The molecule has 1 N–H and O–H groups in total. The molecular weight excluding hydrogens is 398 g/mol. The van der Waals surface area contributed by atoms with Crippen LogP contribution in [0.3, 0.4) is 0 Å². The van der Waals surface area contributed by atoms with E-state index in [-0.39, 0.29) is 18.3 Å². The minimum absolute atomic E-state index is 0. The van der Waals surface area contributed by atoms with Crippen molar-refractivity contribution in [3.63, 3.8) is 0 Å². The molecule has 2 aliphatic rings. The van der Waals surface area contributed by atoms with E-state index >= 15 is 0 Å². The first kappa shape index (κ1) is 18.9. The Labute approximate surface area is 173 Å². The highest BCUT2D eigenvalue weighted by Crippen LogP contribution is 2.35. The first-order valence-electron chi connectivity index (χ1n) is 9.24. The molecule has 0 unspecified atom stereocenters. The number of thiophene rings is 1. The third-order valence-corrected chi connectivity index (χ3v) is 7.91. The smallest absolute Gasteiger partial charge is 0.263 e. The number of fused-ring (bicyclic) bond motifs is 2. The van der Waals surface area contributed by atoms with E-state index in [0.29, 0.717) is 0 Å². The number of nitrogens with one attached hydrogen (secondary N) is 1. The van der Waals surface area contributed by atoms with Crippen LogP contribution in [-0.2, 0) is 0 Å². The lowest BCUT2D eigenvalue weighted by Gasteiger charge is -2.20. The van der Waals surface area contributed by atoms with Gasteiger partial charge in [-0.05, 0) is 62.0 Å². The number of para-hydroxylation sites is 1. The Bertz CT molecular complexity index is 907. The Morgan fingerprint density at radius 2 is 1.78 bits per heavy atom. The molecule has 2 aromatic heterocycles. The van der Waals surface area contributed by atoms with Crippen molar-refractivity contribution in [3.8, 4) is 9.88 Å². The van der Waals surface area contributed by atoms with Crippen molar-refractivity contribution in [2.75, 3.05) is 26.2 Å². The van der Waals surface area contributed by atoms with Gasteiger partial charge in [-0.25, -0.2) is 4.98 Å². The van der Waals surface area contributed by atoms with Crippen molar-refractivity contribution in [1.29, 1.82) is 0 Å². The largest absolute Gasteiger partial charge is 0.338 e. The van der Waals surface area contributed by atoms with Crippen LogP contribution in [0.5, 0.6) is 0 Å². The Morgan fingerprint density at radius 3 is 2.52 bits per heavy atom. The second-order valence-corrected chi connectivity index (χ2v) is 9.31. The van der Waals surface area contributed by atoms with Crippen LogP contribution in [0, 0.1) is 11.8 Å². The molecule has 0 saturated carbocycles. The SMILES string of the molecule is Cl.O=C(c1ccc(-c2nc3ccccc3s2)s1)N1CC[C@@H]2CNC[C@@H]2CC1. The third kappa shape index (κ3) is 3.63. The number of likely N-dealkylation sites (tertiary alicyclic amines) is 1. The van der Waals surface area contributed by atoms with Crippen LogP contribution in [0.25, 0.3) is 20.1 Å². The van der Waals surface area contributed by atoms with Crippen LogP contribution in [0.15, 0.2) is 36.4 Å². The first-order chi connectivity index (χ1) is 12.8. The molecule has 3 aromatic rings. The summed E-state index contributed by atoms with van der Waals surface area (Å²) in [4.78, 5) is 21.7. The Balaban J connectivity index is 0.00000180. The fourth-order valence-corrected chi connectivity index (χ4v) is 6.12. The zero-order valence-electron chi connectivity index (χ0n) is 14.9. The molecule has 2 atom stereocenters. The Hall–Kier alpha value is -1.47. The molecular formula is C20H22ClN3OS2. The van der Waals surface area contributed by atoms with Gasteiger partial charge >= 0.3 is 0 Å². The number of aromatic nitrogens is 1. The Morgan fingerprint density at radius 1 is 1.04 bits per heavy atom. The lowest BCUT2D eigenvalue weighted by Crippen LogP contribution is -2.32. The lowest BCUT2D eigenvalue weighted by atomic mass is 9.92. The van der Waals surface area contributed by atoms with Crippen molar-refractivity contribution in [2.24, 2.45) is 11.8 Å². The van der Waals surface area contributed by atoms with E-state index in [1.54, 1.807) is 22.7 Å². The van der Waals surface area contributed by atoms with E-state index in [9.17, 15) is 4.79 Å². The summed E-state index contributed by atoms with van der Waals surface area (Å²) in [6.07, 6.45) is 2.25. The number of benzene rings is 1. The second kappa shape index (κ2) is 7.87. The number of hydrogen-bond donors (Lipinski definition) is 1. The fraction of sp³-hybridized carbons (Fsp3) is 0.400. The van der Waals surface area contributed by atoms with Gasteiger partial charge in [0, 0.05) is 13.1 Å². The maximum atomic E-state index is 13.0. The summed E-state index contributed by atoms with van der Waals surface area (Å²) in [5, 5.41) is 4.50. The van der Waals surface area contributed by atoms with Crippen LogP contribution in [-0.4, -0.2) is 42.0 Å². The highest BCUT2D eigenvalue weighted by molar-refractivity contribution is 7.26. The summed E-state index contributed by atoms with van der Waals surface area (Å²) >= 11 is 3.27. The molecule has 2 aliphatic heterocycles. The number of halogens is 1. The summed E-state index contributed by atoms with van der Waals surface area (Å²) in [6, 6.07) is 12.2. The normalized spacial score (nSPS) is 22.3. The molecule has 142 valence electrons. The van der Waals surface area contributed by atoms with Gasteiger partial charge in [-0.2, -0.15) is 0 Å². The summed E-state index contributed by atoms with van der Waals surface area (Å²) < 4.78 is 1.19. The van der Waals surface area contributed by atoms with E-state index < -0.39 is 0 Å². The van der Waals surface area contributed by atoms with Crippen LogP contribution in [0.2, 0.25) is 0 Å². The van der Waals surface area contributed by atoms with Gasteiger partial charge in [-0.3, -0.25) is 4.79 Å². The average Bonchev–Trinajstić information content (AvgIpc) is 3.38. The number of thiazole rings is 1. The molecule has 4 nitrogen and oxygen atoms in total. The number of rotatable bonds is 2. The molecule has 0 bridgehead atoms. The molecule has 0 spiro atoms. The third-order valence-electron chi connectivity index (χ3n) is 5.63. The van der Waals surface area contributed by atoms with Crippen molar-refractivity contribution in [3.05, 3.63) is 41.3 Å². The van der Waals surface area contributed by atoms with Gasteiger partial charge in [-0.15, -0.1) is 35.1 Å². The highest BCUT2D eigenvalue weighted by Gasteiger charge is 2.32. The van der Waals surface area contributed by atoms with Gasteiger partial charge in [0.1, 0.15) is 5.01 Å². The number of amides is 1. The number of hydrogen-bond acceptors (Lipinski definition) is 5. The predicted octanol–water partition coefficient (Wildman–Crippen LogP) is 4.52. The molecule has 2 fully saturated rings. The van der Waals surface area contributed by atoms with Gasteiger partial charge in [0.15, 0.2) is 0 Å². The second-order valence-electron chi connectivity index (χ2n) is 7.20. The molecule has 0 aliphatic carbocycles. The number of carbonyl (C=O) groups is 1. The van der Waals surface area contributed by atoms with Gasteiger partial charge < -0.3 is 10.2 Å². The summed E-state index contributed by atoms with van der Waals surface area (Å²) in [5.41, 5.74) is 1.03. The van der Waals surface area contributed by atoms with Gasteiger partial charge in [-0.1, -0.05) is 12.1 Å². The maximum Gasteiger partial charge on any atom is 0.263 e. The van der Waals surface area contributed by atoms with Crippen molar-refractivity contribution < 1.29 is 4.79 Å². The molecule has 4 heterocycles. The summed E-state index contributed by atoms with van der Waals surface area (Å²) in [7, 11) is 0. The zero-order valence-corrected chi connectivity index (χ0v) is 17.3. The maximum absolute atomic E-state index is 13.0. The van der Waals surface area contributed by atoms with Crippen LogP contribution < -0.4 is 5.32 Å². The molecule has 2 saturated heterocycles. The molecule has 1 aromatic carbocycles. The summed E-state index contributed by atoms with van der Waals surface area (Å²) in [6.45, 7) is 4.01. The average molecular weight is 420 g/mol. The Kier molecular flexibility index (Phi) is 5.50. The molecule has 5 rings (SSSR count). The van der Waals surface area contributed by atoms with Crippen molar-refractivity contribution in [2.45, 2.75) is 12.8 Å². The van der Waals surface area contributed by atoms with Crippen molar-refractivity contribution in [1.82, 2.24) is 15.2 Å². The highest BCUT2D eigenvalue weighted by atomic mass is 35.5. The van der Waals surface area contributed by atoms with Crippen LogP contribution in [0.4, 0.5) is 0 Å². The minimum atomic E-state index is 0. The van der Waals surface area contributed by atoms with Crippen LogP contribution >= 0.6 is 35.1 Å². The standard InChI is InChI=1S/C20H21N3OS2.ClH/c24-20(23-9-7-13-11-21-12-14(13)8-10-23)18-6-5-17(25-18)19-22-15-3-1-2-4-16(15)26-19;/h1-6,13-14,21H,7-12H2;1H/t13-,14+;. The number of nitrogens with zero attached hydrogens (tertiary/aromatic N) is 2. The van der Waals surface area contributed by atoms with E-state index in [1.165, 1.54) is 4.70 Å². The minimum Gasteiger partial charge on any atom is -0.338 e. The predicted molar refractivity (Wildman–Crippen MR) is 115 cm³/mol. The topological polar surface area (TPSA) is 45.2 Å². The quantitative estimate of drug-likeness (QED) is 0.664. The van der Waals surface area contributed by atoms with E-state index in [0.717, 1.165) is 71.1 Å². The molecule has 1 amide bonds. The fourth-order valence-electron chi connectivity index (χ4n) is 4.12. The first-order valence-corrected chi connectivity index (χ1v) is 10.9. The molecule has 7 heteroatoms. The van der Waals surface area contributed by atoms with E-state index in [4.69, 9.17) is 4.98 Å². The van der Waals surface area contributed by atoms with Crippen molar-refractivity contribution >= 4 is 51.2 Å². The van der Waals surface area contributed by atoms with Crippen LogP contribution in [0.1, 0.15) is 22.5 Å². The van der Waals surface area contributed by atoms with Gasteiger partial charge in [0.05, 0.1) is 20.0 Å².